The predicted molar refractivity (Wildman–Crippen MR) is 70.0 cm³/mol. The van der Waals surface area contributed by atoms with Gasteiger partial charge >= 0.3 is 0 Å². The normalized spacial score (nSPS) is 10.9. The molecule has 0 bridgehead atoms. The minimum Gasteiger partial charge on any atom is -0.397 e. The Kier molecular flexibility index (Phi) is 5.85. The van der Waals surface area contributed by atoms with Gasteiger partial charge in [0.05, 0.1) is 11.4 Å². The van der Waals surface area contributed by atoms with E-state index in [0.717, 1.165) is 31.5 Å². The van der Waals surface area contributed by atoms with Crippen LogP contribution >= 0.6 is 0 Å². The van der Waals surface area contributed by atoms with Gasteiger partial charge in [0.2, 0.25) is 0 Å². The second kappa shape index (κ2) is 7.16. The average Bonchev–Trinajstić information content (AvgIpc) is 2.34. The van der Waals surface area contributed by atoms with Crippen LogP contribution in [0.1, 0.15) is 31.3 Å². The number of nitrogens with zero attached hydrogens (tertiary/aromatic N) is 1. The molecular weight excluding hydrogens is 238 g/mol. The van der Waals surface area contributed by atoms with Crippen LogP contribution in [-0.2, 0) is 0 Å². The van der Waals surface area contributed by atoms with Crippen molar-refractivity contribution in [2.24, 2.45) is 0 Å². The van der Waals surface area contributed by atoms with Gasteiger partial charge in [0.25, 0.3) is 6.43 Å². The fraction of sp³-hybridized carbons (Fsp3) is 0.538. The molecule has 0 aliphatic rings. The first kappa shape index (κ1) is 14.7. The summed E-state index contributed by atoms with van der Waals surface area (Å²) in [5.74, 6) is 0. The number of benzene rings is 1. The van der Waals surface area contributed by atoms with Crippen molar-refractivity contribution in [2.75, 3.05) is 30.8 Å². The summed E-state index contributed by atoms with van der Waals surface area (Å²) in [7, 11) is 1.88. The first-order valence-electron chi connectivity index (χ1n) is 6.06. The van der Waals surface area contributed by atoms with Crippen molar-refractivity contribution >= 4 is 11.4 Å². The number of nitrogens with two attached hydrogens (primary N) is 1. The summed E-state index contributed by atoms with van der Waals surface area (Å²) in [5.41, 5.74) is 6.86. The van der Waals surface area contributed by atoms with Crippen molar-refractivity contribution in [1.82, 2.24) is 0 Å². The summed E-state index contributed by atoms with van der Waals surface area (Å²) >= 11 is 0. The first-order chi connectivity index (χ1) is 8.56. The summed E-state index contributed by atoms with van der Waals surface area (Å²) in [6.07, 6.45) is 0.174. The Balaban J connectivity index is 2.60. The molecule has 18 heavy (non-hydrogen) atoms. The summed E-state index contributed by atoms with van der Waals surface area (Å²) in [6, 6.07) is 4.35. The monoisotopic (exact) mass is 258 g/mol. The first-order valence-corrected chi connectivity index (χ1v) is 6.06. The molecule has 3 N–H and O–H groups in total. The fourth-order valence-corrected chi connectivity index (χ4v) is 1.81. The van der Waals surface area contributed by atoms with Gasteiger partial charge in [-0.05, 0) is 31.4 Å². The summed E-state index contributed by atoms with van der Waals surface area (Å²) in [5, 5.41) is 8.67. The molecular formula is C13H20F2N2O. The number of nitrogen functional groups attached to an aromatic ring is 1. The Labute approximate surface area is 106 Å². The van der Waals surface area contributed by atoms with Crippen LogP contribution in [0.25, 0.3) is 0 Å². The SMILES string of the molecule is CN(CCCCCO)c1ccc(C(F)F)cc1N. The van der Waals surface area contributed by atoms with Crippen LogP contribution in [0.5, 0.6) is 0 Å². The quantitative estimate of drug-likeness (QED) is 0.584. The molecule has 0 unspecified atom stereocenters. The van der Waals surface area contributed by atoms with Crippen LogP contribution in [0.3, 0.4) is 0 Å². The number of hydrogen-bond acceptors (Lipinski definition) is 3. The Morgan fingerprint density at radius 1 is 1.28 bits per heavy atom. The molecule has 1 aromatic carbocycles. The topological polar surface area (TPSA) is 49.5 Å². The molecule has 0 radical (unpaired) electrons. The molecule has 1 rings (SSSR count). The lowest BCUT2D eigenvalue weighted by Crippen LogP contribution is -2.19. The number of alkyl halides is 2. The van der Waals surface area contributed by atoms with Crippen LogP contribution in [0.2, 0.25) is 0 Å². The van der Waals surface area contributed by atoms with E-state index in [9.17, 15) is 8.78 Å². The zero-order valence-corrected chi connectivity index (χ0v) is 10.6. The van der Waals surface area contributed by atoms with Gasteiger partial charge < -0.3 is 15.7 Å². The molecule has 0 saturated carbocycles. The highest BCUT2D eigenvalue weighted by Crippen LogP contribution is 2.28. The maximum atomic E-state index is 12.5. The van der Waals surface area contributed by atoms with Gasteiger partial charge in [0.1, 0.15) is 0 Å². The smallest absolute Gasteiger partial charge is 0.263 e. The van der Waals surface area contributed by atoms with E-state index < -0.39 is 6.43 Å². The van der Waals surface area contributed by atoms with E-state index >= 15 is 0 Å². The zero-order chi connectivity index (χ0) is 13.5. The summed E-state index contributed by atoms with van der Waals surface area (Å²) in [6.45, 7) is 0.993. The van der Waals surface area contributed by atoms with E-state index in [1.807, 2.05) is 11.9 Å². The molecule has 0 fully saturated rings. The number of rotatable bonds is 7. The third kappa shape index (κ3) is 4.14. The van der Waals surface area contributed by atoms with Crippen molar-refractivity contribution in [3.8, 4) is 0 Å². The van der Waals surface area contributed by atoms with E-state index in [1.54, 1.807) is 6.07 Å². The minimum absolute atomic E-state index is 0.0510. The van der Waals surface area contributed by atoms with Crippen molar-refractivity contribution in [2.45, 2.75) is 25.7 Å². The molecule has 1 aromatic rings. The third-order valence-electron chi connectivity index (χ3n) is 2.87. The molecule has 0 aliphatic heterocycles. The van der Waals surface area contributed by atoms with Gasteiger partial charge in [0, 0.05) is 25.8 Å². The fourth-order valence-electron chi connectivity index (χ4n) is 1.81. The highest BCUT2D eigenvalue weighted by Gasteiger charge is 2.11. The van der Waals surface area contributed by atoms with Gasteiger partial charge in [0.15, 0.2) is 0 Å². The van der Waals surface area contributed by atoms with Crippen molar-refractivity contribution in [1.29, 1.82) is 0 Å². The molecule has 0 aromatic heterocycles. The van der Waals surface area contributed by atoms with E-state index in [1.165, 1.54) is 12.1 Å². The lowest BCUT2D eigenvalue weighted by atomic mass is 10.1. The van der Waals surface area contributed by atoms with Crippen molar-refractivity contribution in [3.05, 3.63) is 23.8 Å². The maximum Gasteiger partial charge on any atom is 0.263 e. The standard InChI is InChI=1S/C13H20F2N2O/c1-17(7-3-2-4-8-18)12-6-5-10(13(14)15)9-11(12)16/h5-6,9,13,18H,2-4,7-8,16H2,1H3. The maximum absolute atomic E-state index is 12.5. The predicted octanol–water partition coefficient (Wildman–Crippen LogP) is 2.81. The largest absolute Gasteiger partial charge is 0.397 e. The van der Waals surface area contributed by atoms with Crippen LogP contribution in [0, 0.1) is 0 Å². The minimum atomic E-state index is -2.49. The number of halogens is 2. The van der Waals surface area contributed by atoms with Crippen LogP contribution < -0.4 is 10.6 Å². The number of aliphatic hydroxyl groups excluding tert-OH is 1. The van der Waals surface area contributed by atoms with Crippen molar-refractivity contribution in [3.63, 3.8) is 0 Å². The average molecular weight is 258 g/mol. The highest BCUT2D eigenvalue weighted by atomic mass is 19.3. The lowest BCUT2D eigenvalue weighted by molar-refractivity contribution is 0.151. The van der Waals surface area contributed by atoms with E-state index in [-0.39, 0.29) is 12.2 Å². The molecule has 0 saturated heterocycles. The van der Waals surface area contributed by atoms with E-state index in [0.29, 0.717) is 5.69 Å². The van der Waals surface area contributed by atoms with Crippen LogP contribution in [0.4, 0.5) is 20.2 Å². The molecule has 102 valence electrons. The Morgan fingerprint density at radius 2 is 2.00 bits per heavy atom. The molecule has 0 spiro atoms. The molecule has 0 heterocycles. The third-order valence-corrected chi connectivity index (χ3v) is 2.87. The molecule has 0 amide bonds. The highest BCUT2D eigenvalue weighted by molar-refractivity contribution is 5.68. The Morgan fingerprint density at radius 3 is 2.56 bits per heavy atom. The van der Waals surface area contributed by atoms with Gasteiger partial charge in [-0.3, -0.25) is 0 Å². The second-order valence-electron chi connectivity index (χ2n) is 4.32. The Hall–Kier alpha value is -1.36. The molecule has 5 heteroatoms. The zero-order valence-electron chi connectivity index (χ0n) is 10.6. The second-order valence-corrected chi connectivity index (χ2v) is 4.32. The van der Waals surface area contributed by atoms with Crippen LogP contribution in [-0.4, -0.2) is 25.3 Å². The number of aliphatic hydroxyl groups is 1. The van der Waals surface area contributed by atoms with Gasteiger partial charge in [-0.25, -0.2) is 8.78 Å². The number of anilines is 2. The van der Waals surface area contributed by atoms with Gasteiger partial charge in [-0.2, -0.15) is 0 Å². The number of unbranched alkanes of at least 4 members (excludes halogenated alkanes) is 2. The van der Waals surface area contributed by atoms with Gasteiger partial charge in [-0.15, -0.1) is 0 Å². The molecule has 0 aliphatic carbocycles. The Bertz CT molecular complexity index is 372. The van der Waals surface area contributed by atoms with Crippen LogP contribution in [0.15, 0.2) is 18.2 Å². The van der Waals surface area contributed by atoms with E-state index in [2.05, 4.69) is 0 Å². The van der Waals surface area contributed by atoms with Crippen molar-refractivity contribution < 1.29 is 13.9 Å². The van der Waals surface area contributed by atoms with E-state index in [4.69, 9.17) is 10.8 Å². The number of hydrogen-bond donors (Lipinski definition) is 2. The van der Waals surface area contributed by atoms with Gasteiger partial charge in [-0.1, -0.05) is 6.07 Å². The lowest BCUT2D eigenvalue weighted by Gasteiger charge is -2.21. The summed E-state index contributed by atoms with van der Waals surface area (Å²) < 4.78 is 24.9. The molecule has 0 atom stereocenters. The summed E-state index contributed by atoms with van der Waals surface area (Å²) in [4.78, 5) is 1.95. The molecule has 3 nitrogen and oxygen atoms in total.